The van der Waals surface area contributed by atoms with E-state index in [1.165, 1.54) is 15.4 Å². The minimum atomic E-state index is -0.372. The van der Waals surface area contributed by atoms with Gasteiger partial charge in [0.2, 0.25) is 0 Å². The molecule has 7 heteroatoms. The first-order valence-corrected chi connectivity index (χ1v) is 17.1. The molecular weight excluding hydrogens is 647 g/mol. The van der Waals surface area contributed by atoms with Gasteiger partial charge in [0, 0.05) is 5.69 Å². The lowest BCUT2D eigenvalue weighted by Gasteiger charge is -2.19. The van der Waals surface area contributed by atoms with Gasteiger partial charge in [0.1, 0.15) is 0 Å². The lowest BCUT2D eigenvalue weighted by Crippen LogP contribution is -2.29. The Kier molecular flexibility index (Phi) is 7.54. The van der Waals surface area contributed by atoms with Gasteiger partial charge in [-0.05, 0) is 156 Å². The first-order chi connectivity index (χ1) is 24.9. The number of carbonyl (C=O) groups is 4. The van der Waals surface area contributed by atoms with Crippen LogP contribution in [0.4, 0.5) is 17.1 Å². The van der Waals surface area contributed by atoms with Crippen molar-refractivity contribution in [2.75, 3.05) is 15.5 Å². The van der Waals surface area contributed by atoms with E-state index in [9.17, 15) is 19.2 Å². The van der Waals surface area contributed by atoms with E-state index in [2.05, 4.69) is 26.0 Å². The molecule has 4 amide bonds. The number of imide groups is 2. The zero-order chi connectivity index (χ0) is 36.6. The van der Waals surface area contributed by atoms with Crippen LogP contribution < -0.4 is 15.5 Å². The van der Waals surface area contributed by atoms with Gasteiger partial charge in [-0.2, -0.15) is 0 Å². The maximum atomic E-state index is 13.7. The topological polar surface area (TPSA) is 101 Å². The molecule has 7 nitrogen and oxygen atoms in total. The second-order valence-electron chi connectivity index (χ2n) is 13.8. The van der Waals surface area contributed by atoms with Crippen molar-refractivity contribution in [2.45, 2.75) is 34.6 Å². The quantitative estimate of drug-likeness (QED) is 0.144. The fourth-order valence-electron chi connectivity index (χ4n) is 7.26. The van der Waals surface area contributed by atoms with Gasteiger partial charge in [-0.3, -0.25) is 19.2 Å². The lowest BCUT2D eigenvalue weighted by molar-refractivity contribution is 0.0910. The zero-order valence-electron chi connectivity index (χ0n) is 29.5. The summed E-state index contributed by atoms with van der Waals surface area (Å²) in [6.07, 6.45) is 0. The third-order valence-corrected chi connectivity index (χ3v) is 10.4. The number of nitrogens with two attached hydrogens (primary N) is 1. The van der Waals surface area contributed by atoms with Gasteiger partial charge in [-0.1, -0.05) is 48.5 Å². The summed E-state index contributed by atoms with van der Waals surface area (Å²) in [6, 6.07) is 33.7. The van der Waals surface area contributed by atoms with Crippen LogP contribution in [0.3, 0.4) is 0 Å². The van der Waals surface area contributed by atoms with Gasteiger partial charge >= 0.3 is 0 Å². The molecule has 0 aliphatic carbocycles. The van der Waals surface area contributed by atoms with Gasteiger partial charge in [0.05, 0.1) is 33.6 Å². The smallest absolute Gasteiger partial charge is 0.266 e. The average Bonchev–Trinajstić information content (AvgIpc) is 3.53. The summed E-state index contributed by atoms with van der Waals surface area (Å²) in [6.45, 7) is 9.92. The van der Waals surface area contributed by atoms with Crippen LogP contribution in [0.5, 0.6) is 0 Å². The fraction of sp³-hybridized carbons (Fsp3) is 0.111. The molecule has 254 valence electrons. The second-order valence-corrected chi connectivity index (χ2v) is 13.8. The summed E-state index contributed by atoms with van der Waals surface area (Å²) < 4.78 is 0. The zero-order valence-corrected chi connectivity index (χ0v) is 29.5. The van der Waals surface area contributed by atoms with Crippen molar-refractivity contribution in [3.63, 3.8) is 0 Å². The lowest BCUT2D eigenvalue weighted by atomic mass is 9.95. The molecule has 6 aromatic carbocycles. The van der Waals surface area contributed by atoms with Gasteiger partial charge in [0.25, 0.3) is 23.6 Å². The van der Waals surface area contributed by atoms with Gasteiger partial charge in [-0.25, -0.2) is 9.80 Å². The van der Waals surface area contributed by atoms with E-state index in [0.717, 1.165) is 55.6 Å². The first-order valence-electron chi connectivity index (χ1n) is 17.1. The Bertz CT molecular complexity index is 2410. The van der Waals surface area contributed by atoms with Crippen molar-refractivity contribution in [1.29, 1.82) is 0 Å². The summed E-state index contributed by atoms with van der Waals surface area (Å²) in [5.41, 5.74) is 19.6. The van der Waals surface area contributed by atoms with Gasteiger partial charge < -0.3 is 5.73 Å². The highest BCUT2D eigenvalue weighted by atomic mass is 16.2. The molecule has 0 saturated heterocycles. The number of carbonyl (C=O) groups excluding carboxylic acids is 4. The Labute approximate surface area is 301 Å². The summed E-state index contributed by atoms with van der Waals surface area (Å²) >= 11 is 0. The van der Waals surface area contributed by atoms with E-state index >= 15 is 0 Å². The molecule has 2 aliphatic rings. The maximum Gasteiger partial charge on any atom is 0.266 e. The number of anilines is 3. The van der Waals surface area contributed by atoms with Crippen molar-refractivity contribution in [3.05, 3.63) is 159 Å². The third-order valence-electron chi connectivity index (χ3n) is 10.4. The molecule has 2 N–H and O–H groups in total. The minimum Gasteiger partial charge on any atom is -0.399 e. The molecule has 0 spiro atoms. The summed E-state index contributed by atoms with van der Waals surface area (Å²) in [5, 5.41) is 0. The van der Waals surface area contributed by atoms with E-state index < -0.39 is 0 Å². The van der Waals surface area contributed by atoms with Gasteiger partial charge in [0.15, 0.2) is 0 Å². The Balaban J connectivity index is 1.05. The Morgan fingerprint density at radius 2 is 0.731 bits per heavy atom. The Hall–Kier alpha value is -6.60. The van der Waals surface area contributed by atoms with Crippen molar-refractivity contribution in [2.24, 2.45) is 0 Å². The van der Waals surface area contributed by atoms with Crippen LogP contribution in [0.15, 0.2) is 109 Å². The predicted octanol–water partition coefficient (Wildman–Crippen LogP) is 9.41. The highest BCUT2D eigenvalue weighted by Crippen LogP contribution is 2.38. The Morgan fingerprint density at radius 3 is 1.17 bits per heavy atom. The Morgan fingerprint density at radius 1 is 0.346 bits per heavy atom. The molecule has 0 atom stereocenters. The van der Waals surface area contributed by atoms with Crippen LogP contribution in [-0.2, 0) is 0 Å². The standard InChI is InChI=1S/C45H35N3O4/c1-24-6-7-29(18-25(24)2)31-8-13-37-39(22-31)44(51)47(42(37)49)33-11-15-35(26(3)20-33)36-16-12-34(21-27(36)4)48-43(50)38-14-9-32(23-40(38)45(48)52)30-10-17-41(46)28(5)19-30/h6-23H,46H2,1-5H3. The minimum absolute atomic E-state index is 0.351. The number of aryl methyl sites for hydroxylation is 5. The van der Waals surface area contributed by atoms with Crippen LogP contribution in [0.1, 0.15) is 69.2 Å². The number of nitrogen functional groups attached to an aromatic ring is 1. The number of amides is 4. The highest BCUT2D eigenvalue weighted by Gasteiger charge is 2.38. The van der Waals surface area contributed by atoms with E-state index in [4.69, 9.17) is 5.73 Å². The summed E-state index contributed by atoms with van der Waals surface area (Å²) in [7, 11) is 0. The molecule has 6 aromatic rings. The van der Waals surface area contributed by atoms with Crippen LogP contribution in [0.2, 0.25) is 0 Å². The summed E-state index contributed by atoms with van der Waals surface area (Å²) in [4.78, 5) is 56.9. The van der Waals surface area contributed by atoms with Crippen LogP contribution in [-0.4, -0.2) is 23.6 Å². The average molecular weight is 682 g/mol. The first kappa shape index (κ1) is 32.6. The highest BCUT2D eigenvalue weighted by molar-refractivity contribution is 6.35. The van der Waals surface area contributed by atoms with E-state index in [1.807, 2.05) is 81.4 Å². The number of rotatable bonds is 5. The molecule has 0 fully saturated rings. The van der Waals surface area contributed by atoms with Crippen LogP contribution in [0.25, 0.3) is 33.4 Å². The van der Waals surface area contributed by atoms with Crippen LogP contribution >= 0.6 is 0 Å². The number of hydrogen-bond acceptors (Lipinski definition) is 5. The molecule has 0 saturated carbocycles. The molecule has 0 radical (unpaired) electrons. The number of hydrogen-bond donors (Lipinski definition) is 1. The monoisotopic (exact) mass is 681 g/mol. The molecule has 2 heterocycles. The predicted molar refractivity (Wildman–Crippen MR) is 206 cm³/mol. The molecule has 0 unspecified atom stereocenters. The third kappa shape index (κ3) is 5.12. The normalized spacial score (nSPS) is 13.6. The number of fused-ring (bicyclic) bond motifs is 2. The fourth-order valence-corrected chi connectivity index (χ4v) is 7.26. The van der Waals surface area contributed by atoms with Gasteiger partial charge in [-0.15, -0.1) is 0 Å². The summed E-state index contributed by atoms with van der Waals surface area (Å²) in [5.74, 6) is -1.44. The molecular formula is C45H35N3O4. The number of nitrogens with zero attached hydrogens (tertiary/aromatic N) is 2. The van der Waals surface area contributed by atoms with E-state index in [0.29, 0.717) is 39.3 Å². The SMILES string of the molecule is Cc1ccc(-c2ccc3c(c2)C(=O)N(c2ccc(-c4ccc(N5C(=O)c6ccc(-c7ccc(N)c(C)c7)cc6C5=O)cc4C)c(C)c2)C3=O)cc1C. The molecule has 0 aromatic heterocycles. The van der Waals surface area contributed by atoms with Crippen molar-refractivity contribution in [3.8, 4) is 33.4 Å². The van der Waals surface area contributed by atoms with Crippen molar-refractivity contribution >= 4 is 40.7 Å². The van der Waals surface area contributed by atoms with Crippen molar-refractivity contribution in [1.82, 2.24) is 0 Å². The van der Waals surface area contributed by atoms with E-state index in [-0.39, 0.29) is 23.6 Å². The largest absolute Gasteiger partial charge is 0.399 e. The number of benzene rings is 6. The molecule has 52 heavy (non-hydrogen) atoms. The maximum absolute atomic E-state index is 13.7. The molecule has 2 aliphatic heterocycles. The van der Waals surface area contributed by atoms with Crippen molar-refractivity contribution < 1.29 is 19.2 Å². The van der Waals surface area contributed by atoms with E-state index in [1.54, 1.807) is 36.4 Å². The molecule has 8 rings (SSSR count). The molecule has 0 bridgehead atoms. The second kappa shape index (κ2) is 12.0. The van der Waals surface area contributed by atoms with Crippen LogP contribution in [0, 0.1) is 34.6 Å².